The molecule has 7 nitrogen and oxygen atoms in total. The van der Waals surface area contributed by atoms with E-state index in [1.54, 1.807) is 4.90 Å². The molecule has 1 atom stereocenters. The van der Waals surface area contributed by atoms with Gasteiger partial charge < -0.3 is 15.1 Å². The lowest BCUT2D eigenvalue weighted by atomic mass is 10.1. The highest BCUT2D eigenvalue weighted by atomic mass is 16.2. The number of carbonyl (C=O) groups excluding carboxylic acids is 3. The zero-order valence-electron chi connectivity index (χ0n) is 19.0. The summed E-state index contributed by atoms with van der Waals surface area (Å²) in [6, 6.07) is 19.6. The highest BCUT2D eigenvalue weighted by molar-refractivity contribution is 6.00. The van der Waals surface area contributed by atoms with Crippen molar-refractivity contribution in [3.05, 3.63) is 66.2 Å². The molecule has 2 aliphatic heterocycles. The number of anilines is 1. The number of nitrogens with one attached hydrogen (secondary N) is 1. The van der Waals surface area contributed by atoms with Crippen LogP contribution in [0.15, 0.2) is 60.7 Å². The molecule has 7 heteroatoms. The van der Waals surface area contributed by atoms with Gasteiger partial charge in [-0.3, -0.25) is 19.3 Å². The van der Waals surface area contributed by atoms with Gasteiger partial charge >= 0.3 is 0 Å². The topological polar surface area (TPSA) is 73.0 Å². The summed E-state index contributed by atoms with van der Waals surface area (Å²) in [5.74, 6) is -0.164. The Morgan fingerprint density at radius 2 is 1.58 bits per heavy atom. The number of rotatable bonds is 8. The minimum atomic E-state index is -0.309. The lowest BCUT2D eigenvalue weighted by molar-refractivity contribution is -0.132. The number of benzene rings is 2. The number of para-hydroxylation sites is 1. The van der Waals surface area contributed by atoms with Crippen LogP contribution in [-0.4, -0.2) is 73.3 Å². The van der Waals surface area contributed by atoms with Crippen LogP contribution in [0.4, 0.5) is 5.69 Å². The summed E-state index contributed by atoms with van der Waals surface area (Å²) in [5.41, 5.74) is 2.03. The molecule has 2 fully saturated rings. The fraction of sp³-hybridized carbons (Fsp3) is 0.423. The molecule has 2 saturated heterocycles. The van der Waals surface area contributed by atoms with Gasteiger partial charge in [-0.05, 0) is 24.1 Å². The number of carbonyl (C=O) groups is 3. The minimum absolute atomic E-state index is 0.00518. The Hall–Kier alpha value is -3.19. The molecule has 2 heterocycles. The van der Waals surface area contributed by atoms with Crippen LogP contribution < -0.4 is 10.2 Å². The molecule has 2 aliphatic rings. The van der Waals surface area contributed by atoms with E-state index in [1.165, 1.54) is 5.56 Å². The van der Waals surface area contributed by atoms with E-state index in [9.17, 15) is 14.4 Å². The Labute approximate surface area is 195 Å². The summed E-state index contributed by atoms with van der Waals surface area (Å²) in [7, 11) is 0. The van der Waals surface area contributed by atoms with E-state index in [1.807, 2.05) is 53.4 Å². The first kappa shape index (κ1) is 23.0. The van der Waals surface area contributed by atoms with Gasteiger partial charge in [-0.2, -0.15) is 0 Å². The Morgan fingerprint density at radius 1 is 0.909 bits per heavy atom. The summed E-state index contributed by atoms with van der Waals surface area (Å²) in [6.07, 6.45) is 1.57. The van der Waals surface area contributed by atoms with E-state index < -0.39 is 0 Å². The summed E-state index contributed by atoms with van der Waals surface area (Å²) in [6.45, 7) is 4.82. The number of hydrogen-bond donors (Lipinski definition) is 1. The predicted molar refractivity (Wildman–Crippen MR) is 128 cm³/mol. The maximum Gasteiger partial charge on any atom is 0.227 e. The van der Waals surface area contributed by atoms with Crippen LogP contribution in [0, 0.1) is 5.92 Å². The number of piperazine rings is 1. The molecule has 0 spiro atoms. The molecule has 1 unspecified atom stereocenters. The molecular weight excluding hydrogens is 416 g/mol. The Kier molecular flexibility index (Phi) is 7.73. The van der Waals surface area contributed by atoms with E-state index in [-0.39, 0.29) is 30.1 Å². The summed E-state index contributed by atoms with van der Waals surface area (Å²) < 4.78 is 0. The molecule has 2 aromatic carbocycles. The van der Waals surface area contributed by atoms with Crippen molar-refractivity contribution in [1.29, 1.82) is 0 Å². The SMILES string of the molecule is O=C(NCCN1CCN(C(=O)CCc2ccccc2)CC1)C1CC(=O)N(c2ccccc2)C1. The smallest absolute Gasteiger partial charge is 0.227 e. The fourth-order valence-corrected chi connectivity index (χ4v) is 4.50. The van der Waals surface area contributed by atoms with Crippen LogP contribution in [0.5, 0.6) is 0 Å². The molecule has 0 bridgehead atoms. The quantitative estimate of drug-likeness (QED) is 0.670. The average Bonchev–Trinajstić information content (AvgIpc) is 3.26. The van der Waals surface area contributed by atoms with Crippen molar-refractivity contribution in [3.63, 3.8) is 0 Å². The number of nitrogens with zero attached hydrogens (tertiary/aromatic N) is 3. The lowest BCUT2D eigenvalue weighted by Gasteiger charge is -2.34. The van der Waals surface area contributed by atoms with Crippen LogP contribution in [0.2, 0.25) is 0 Å². The minimum Gasteiger partial charge on any atom is -0.355 e. The molecule has 2 aromatic rings. The van der Waals surface area contributed by atoms with E-state index >= 15 is 0 Å². The molecule has 0 aromatic heterocycles. The molecule has 0 saturated carbocycles. The van der Waals surface area contributed by atoms with E-state index in [4.69, 9.17) is 0 Å². The zero-order chi connectivity index (χ0) is 23.0. The standard InChI is InChI=1S/C26H32N4O3/c31-24(12-11-21-7-3-1-4-8-21)29-17-15-28(16-18-29)14-13-27-26(33)22-19-25(32)30(20-22)23-9-5-2-6-10-23/h1-10,22H,11-20H2,(H,27,33). The number of hydrogen-bond acceptors (Lipinski definition) is 4. The largest absolute Gasteiger partial charge is 0.355 e. The maximum absolute atomic E-state index is 12.6. The van der Waals surface area contributed by atoms with Crippen LogP contribution in [0.1, 0.15) is 18.4 Å². The summed E-state index contributed by atoms with van der Waals surface area (Å²) >= 11 is 0. The first-order chi connectivity index (χ1) is 16.1. The van der Waals surface area contributed by atoms with Crippen molar-refractivity contribution in [2.24, 2.45) is 5.92 Å². The Bertz CT molecular complexity index is 943. The Morgan fingerprint density at radius 3 is 2.27 bits per heavy atom. The molecular formula is C26H32N4O3. The van der Waals surface area contributed by atoms with Crippen molar-refractivity contribution in [2.45, 2.75) is 19.3 Å². The maximum atomic E-state index is 12.6. The molecule has 4 rings (SSSR count). The zero-order valence-corrected chi connectivity index (χ0v) is 19.0. The molecule has 3 amide bonds. The second-order valence-electron chi connectivity index (χ2n) is 8.74. The third kappa shape index (κ3) is 6.20. The van der Waals surface area contributed by atoms with Crippen LogP contribution in [-0.2, 0) is 20.8 Å². The van der Waals surface area contributed by atoms with Crippen molar-refractivity contribution in [3.8, 4) is 0 Å². The summed E-state index contributed by atoms with van der Waals surface area (Å²) in [4.78, 5) is 43.3. The third-order valence-corrected chi connectivity index (χ3v) is 6.49. The number of aryl methyl sites for hydroxylation is 1. The lowest BCUT2D eigenvalue weighted by Crippen LogP contribution is -2.50. The molecule has 1 N–H and O–H groups in total. The first-order valence-corrected chi connectivity index (χ1v) is 11.8. The van der Waals surface area contributed by atoms with Gasteiger partial charge in [0.15, 0.2) is 0 Å². The average molecular weight is 449 g/mol. The van der Waals surface area contributed by atoms with Gasteiger partial charge in [-0.25, -0.2) is 0 Å². The molecule has 0 radical (unpaired) electrons. The second kappa shape index (κ2) is 11.1. The highest BCUT2D eigenvalue weighted by Gasteiger charge is 2.35. The third-order valence-electron chi connectivity index (χ3n) is 6.49. The predicted octanol–water partition coefficient (Wildman–Crippen LogP) is 1.93. The van der Waals surface area contributed by atoms with Crippen LogP contribution >= 0.6 is 0 Å². The van der Waals surface area contributed by atoms with Gasteiger partial charge in [0.05, 0.1) is 5.92 Å². The monoisotopic (exact) mass is 448 g/mol. The normalized spacial score (nSPS) is 19.0. The van der Waals surface area contributed by atoms with Crippen LogP contribution in [0.3, 0.4) is 0 Å². The van der Waals surface area contributed by atoms with Crippen molar-refractivity contribution in [1.82, 2.24) is 15.1 Å². The molecule has 174 valence electrons. The van der Waals surface area contributed by atoms with E-state index in [0.717, 1.165) is 44.8 Å². The first-order valence-electron chi connectivity index (χ1n) is 11.8. The molecule has 33 heavy (non-hydrogen) atoms. The fourth-order valence-electron chi connectivity index (χ4n) is 4.50. The van der Waals surface area contributed by atoms with Crippen molar-refractivity contribution < 1.29 is 14.4 Å². The van der Waals surface area contributed by atoms with Gasteiger partial charge in [0.2, 0.25) is 17.7 Å². The summed E-state index contributed by atoms with van der Waals surface area (Å²) in [5, 5.41) is 3.00. The Balaban J connectivity index is 1.13. The number of amides is 3. The second-order valence-corrected chi connectivity index (χ2v) is 8.74. The van der Waals surface area contributed by atoms with E-state index in [2.05, 4.69) is 22.3 Å². The van der Waals surface area contributed by atoms with Crippen LogP contribution in [0.25, 0.3) is 0 Å². The van der Waals surface area contributed by atoms with E-state index in [0.29, 0.717) is 19.5 Å². The van der Waals surface area contributed by atoms with Crippen molar-refractivity contribution >= 4 is 23.4 Å². The van der Waals surface area contributed by atoms with Gasteiger partial charge in [-0.1, -0.05) is 48.5 Å². The van der Waals surface area contributed by atoms with Crippen molar-refractivity contribution in [2.75, 3.05) is 50.7 Å². The highest BCUT2D eigenvalue weighted by Crippen LogP contribution is 2.24. The van der Waals surface area contributed by atoms with Gasteiger partial charge in [0.25, 0.3) is 0 Å². The van der Waals surface area contributed by atoms with Gasteiger partial charge in [-0.15, -0.1) is 0 Å². The molecule has 0 aliphatic carbocycles. The van der Waals surface area contributed by atoms with Gasteiger partial charge in [0, 0.05) is 64.3 Å². The van der Waals surface area contributed by atoms with Gasteiger partial charge in [0.1, 0.15) is 0 Å².